The smallest absolute Gasteiger partial charge is 0.306 e. The third kappa shape index (κ3) is 5.14. The molecule has 1 fully saturated rings. The van der Waals surface area contributed by atoms with Crippen molar-refractivity contribution >= 4 is 5.97 Å². The molecule has 0 aliphatic carbocycles. The van der Waals surface area contributed by atoms with Crippen LogP contribution in [0, 0.1) is 0 Å². The number of ether oxygens (including phenoxy) is 2. The summed E-state index contributed by atoms with van der Waals surface area (Å²) in [7, 11) is 0. The Bertz CT molecular complexity index is 190. The van der Waals surface area contributed by atoms with Gasteiger partial charge in [-0.2, -0.15) is 0 Å². The van der Waals surface area contributed by atoms with Crippen molar-refractivity contribution in [2.75, 3.05) is 32.8 Å². The summed E-state index contributed by atoms with van der Waals surface area (Å²) in [6, 6.07) is 0. The topological polar surface area (TPSA) is 38.8 Å². The van der Waals surface area contributed by atoms with Crippen molar-refractivity contribution in [2.24, 2.45) is 0 Å². The second-order valence-corrected chi connectivity index (χ2v) is 3.96. The molecule has 4 heteroatoms. The maximum Gasteiger partial charge on any atom is 0.306 e. The molecule has 0 aromatic heterocycles. The van der Waals surface area contributed by atoms with Crippen LogP contribution in [0.3, 0.4) is 0 Å². The third-order valence-electron chi connectivity index (χ3n) is 2.41. The van der Waals surface area contributed by atoms with Crippen molar-refractivity contribution in [3.63, 3.8) is 0 Å². The second kappa shape index (κ2) is 6.80. The Labute approximate surface area is 91.5 Å². The first-order valence-electron chi connectivity index (χ1n) is 5.72. The zero-order chi connectivity index (χ0) is 11.1. The predicted octanol–water partition coefficient (Wildman–Crippen LogP) is 1.05. The van der Waals surface area contributed by atoms with Crippen LogP contribution in [0.5, 0.6) is 0 Å². The van der Waals surface area contributed by atoms with E-state index in [1.54, 1.807) is 0 Å². The van der Waals surface area contributed by atoms with E-state index in [0.717, 1.165) is 39.3 Å². The number of morpholine rings is 1. The zero-order valence-electron chi connectivity index (χ0n) is 9.70. The lowest BCUT2D eigenvalue weighted by Gasteiger charge is -2.28. The van der Waals surface area contributed by atoms with E-state index in [0.29, 0.717) is 6.42 Å². The maximum atomic E-state index is 11.2. The van der Waals surface area contributed by atoms with Crippen LogP contribution < -0.4 is 0 Å². The number of rotatable bonds is 5. The minimum atomic E-state index is -0.0849. The summed E-state index contributed by atoms with van der Waals surface area (Å²) in [4.78, 5) is 13.5. The highest BCUT2D eigenvalue weighted by Crippen LogP contribution is 2.03. The number of carbonyl (C=O) groups excluding carboxylic acids is 1. The standard InChI is InChI=1S/C11H21NO3/c1-3-4-11(13)15-10(2)9-12-5-7-14-8-6-12/h10H,3-9H2,1-2H3. The summed E-state index contributed by atoms with van der Waals surface area (Å²) in [6.45, 7) is 8.20. The molecule has 0 spiro atoms. The number of esters is 1. The molecule has 1 heterocycles. The number of nitrogens with zero attached hydrogens (tertiary/aromatic N) is 1. The molecule has 1 saturated heterocycles. The van der Waals surface area contributed by atoms with Crippen LogP contribution in [0.25, 0.3) is 0 Å². The molecule has 1 rings (SSSR count). The van der Waals surface area contributed by atoms with Crippen LogP contribution >= 0.6 is 0 Å². The van der Waals surface area contributed by atoms with Crippen LogP contribution in [0.4, 0.5) is 0 Å². The predicted molar refractivity (Wildman–Crippen MR) is 57.7 cm³/mol. The molecule has 0 N–H and O–H groups in total. The van der Waals surface area contributed by atoms with Gasteiger partial charge in [-0.25, -0.2) is 0 Å². The maximum absolute atomic E-state index is 11.2. The van der Waals surface area contributed by atoms with Crippen LogP contribution in [0.2, 0.25) is 0 Å². The van der Waals surface area contributed by atoms with Gasteiger partial charge >= 0.3 is 5.97 Å². The van der Waals surface area contributed by atoms with Crippen molar-refractivity contribution in [2.45, 2.75) is 32.8 Å². The highest BCUT2D eigenvalue weighted by atomic mass is 16.5. The van der Waals surface area contributed by atoms with Gasteiger partial charge in [-0.1, -0.05) is 6.92 Å². The molecule has 0 radical (unpaired) electrons. The Morgan fingerprint density at radius 1 is 1.47 bits per heavy atom. The summed E-state index contributed by atoms with van der Waals surface area (Å²) in [6.07, 6.45) is 1.36. The van der Waals surface area contributed by atoms with Crippen LogP contribution in [0.15, 0.2) is 0 Å². The molecule has 1 aliphatic heterocycles. The molecule has 88 valence electrons. The Balaban J connectivity index is 2.16. The van der Waals surface area contributed by atoms with E-state index in [4.69, 9.17) is 9.47 Å². The molecule has 4 nitrogen and oxygen atoms in total. The molecule has 15 heavy (non-hydrogen) atoms. The van der Waals surface area contributed by atoms with Crippen molar-refractivity contribution < 1.29 is 14.3 Å². The Morgan fingerprint density at radius 3 is 2.73 bits per heavy atom. The minimum absolute atomic E-state index is 0.0119. The highest BCUT2D eigenvalue weighted by Gasteiger charge is 2.15. The summed E-state index contributed by atoms with van der Waals surface area (Å²) in [5.41, 5.74) is 0. The molecule has 0 aromatic rings. The first-order chi connectivity index (χ1) is 7.22. The summed E-state index contributed by atoms with van der Waals surface area (Å²) >= 11 is 0. The van der Waals surface area contributed by atoms with Gasteiger partial charge in [-0.15, -0.1) is 0 Å². The number of carbonyl (C=O) groups is 1. The van der Waals surface area contributed by atoms with Gasteiger partial charge in [0.15, 0.2) is 0 Å². The second-order valence-electron chi connectivity index (χ2n) is 3.96. The lowest BCUT2D eigenvalue weighted by Crippen LogP contribution is -2.41. The van der Waals surface area contributed by atoms with E-state index in [2.05, 4.69) is 4.90 Å². The minimum Gasteiger partial charge on any atom is -0.461 e. The zero-order valence-corrected chi connectivity index (χ0v) is 9.70. The van der Waals surface area contributed by atoms with Crippen LogP contribution in [-0.2, 0) is 14.3 Å². The van der Waals surface area contributed by atoms with Crippen LogP contribution in [0.1, 0.15) is 26.7 Å². The van der Waals surface area contributed by atoms with Crippen molar-refractivity contribution in [3.05, 3.63) is 0 Å². The van der Waals surface area contributed by atoms with E-state index in [9.17, 15) is 4.79 Å². The molecular weight excluding hydrogens is 194 g/mol. The fraction of sp³-hybridized carbons (Fsp3) is 0.909. The highest BCUT2D eigenvalue weighted by molar-refractivity contribution is 5.69. The van der Waals surface area contributed by atoms with Gasteiger partial charge in [0.1, 0.15) is 6.10 Å². The van der Waals surface area contributed by atoms with Gasteiger partial charge in [0.25, 0.3) is 0 Å². The SMILES string of the molecule is CCCC(=O)OC(C)CN1CCOCC1. The normalized spacial score (nSPS) is 19.9. The molecule has 0 amide bonds. The molecular formula is C11H21NO3. The number of hydrogen-bond donors (Lipinski definition) is 0. The largest absolute Gasteiger partial charge is 0.461 e. The first kappa shape index (κ1) is 12.5. The van der Waals surface area contributed by atoms with E-state index < -0.39 is 0 Å². The van der Waals surface area contributed by atoms with Crippen molar-refractivity contribution in [1.82, 2.24) is 4.90 Å². The lowest BCUT2D eigenvalue weighted by atomic mass is 10.3. The van der Waals surface area contributed by atoms with Gasteiger partial charge < -0.3 is 9.47 Å². The lowest BCUT2D eigenvalue weighted by molar-refractivity contribution is -0.149. The molecule has 0 bridgehead atoms. The number of hydrogen-bond acceptors (Lipinski definition) is 4. The van der Waals surface area contributed by atoms with E-state index in [-0.39, 0.29) is 12.1 Å². The van der Waals surface area contributed by atoms with Gasteiger partial charge in [0.2, 0.25) is 0 Å². The van der Waals surface area contributed by atoms with E-state index >= 15 is 0 Å². The third-order valence-corrected chi connectivity index (χ3v) is 2.41. The van der Waals surface area contributed by atoms with Gasteiger partial charge in [-0.3, -0.25) is 9.69 Å². The molecule has 0 aromatic carbocycles. The quantitative estimate of drug-likeness (QED) is 0.643. The molecule has 0 saturated carbocycles. The fourth-order valence-corrected chi connectivity index (χ4v) is 1.67. The van der Waals surface area contributed by atoms with Crippen LogP contribution in [-0.4, -0.2) is 49.8 Å². The van der Waals surface area contributed by atoms with E-state index in [1.165, 1.54) is 0 Å². The molecule has 1 atom stereocenters. The summed E-state index contributed by atoms with van der Waals surface area (Å²) in [5.74, 6) is -0.0849. The van der Waals surface area contributed by atoms with Gasteiger partial charge in [-0.05, 0) is 13.3 Å². The Hall–Kier alpha value is -0.610. The molecule has 1 aliphatic rings. The Kier molecular flexibility index (Phi) is 5.65. The first-order valence-corrected chi connectivity index (χ1v) is 5.72. The average Bonchev–Trinajstić information content (AvgIpc) is 2.19. The monoisotopic (exact) mass is 215 g/mol. The Morgan fingerprint density at radius 2 is 2.13 bits per heavy atom. The van der Waals surface area contributed by atoms with Gasteiger partial charge in [0, 0.05) is 26.1 Å². The summed E-state index contributed by atoms with van der Waals surface area (Å²) < 4.78 is 10.5. The molecule has 1 unspecified atom stereocenters. The average molecular weight is 215 g/mol. The fourth-order valence-electron chi connectivity index (χ4n) is 1.67. The van der Waals surface area contributed by atoms with Crippen molar-refractivity contribution in [3.8, 4) is 0 Å². The van der Waals surface area contributed by atoms with Gasteiger partial charge in [0.05, 0.1) is 13.2 Å². The van der Waals surface area contributed by atoms with E-state index in [1.807, 2.05) is 13.8 Å². The van der Waals surface area contributed by atoms with Crippen molar-refractivity contribution in [1.29, 1.82) is 0 Å². The summed E-state index contributed by atoms with van der Waals surface area (Å²) in [5, 5.41) is 0.